The zero-order valence-electron chi connectivity index (χ0n) is 8.65. The lowest BCUT2D eigenvalue weighted by Gasteiger charge is -2.36. The van der Waals surface area contributed by atoms with Crippen LogP contribution < -0.4 is 0 Å². The Kier molecular flexibility index (Phi) is 2.21. The van der Waals surface area contributed by atoms with Crippen LogP contribution in [0.5, 0.6) is 0 Å². The molecule has 0 spiro atoms. The Morgan fingerprint density at radius 1 is 1.42 bits per heavy atom. The van der Waals surface area contributed by atoms with Gasteiger partial charge in [0, 0.05) is 0 Å². The Balaban J connectivity index is 2.93. The third-order valence-corrected chi connectivity index (χ3v) is 4.18. The van der Waals surface area contributed by atoms with Gasteiger partial charge in [-0.05, 0) is 31.1 Å². The van der Waals surface area contributed by atoms with Crippen molar-refractivity contribution >= 4 is 0 Å². The van der Waals surface area contributed by atoms with Crippen LogP contribution in [0.2, 0.25) is 0 Å². The molecule has 0 aliphatic heterocycles. The van der Waals surface area contributed by atoms with Crippen LogP contribution >= 0.6 is 0 Å². The number of hydrogen-bond donors (Lipinski definition) is 0. The Labute approximate surface area is 75.8 Å². The molecule has 1 nitrogen and oxygen atoms in total. The second-order valence-corrected chi connectivity index (χ2v) is 4.81. The van der Waals surface area contributed by atoms with Crippen molar-refractivity contribution in [2.75, 3.05) is 0 Å². The molecule has 0 aromatic carbocycles. The minimum absolute atomic E-state index is 0.0896. The monoisotopic (exact) mass is 165 g/mol. The summed E-state index contributed by atoms with van der Waals surface area (Å²) < 4.78 is 0. The van der Waals surface area contributed by atoms with Crippen LogP contribution in [0.1, 0.15) is 47.0 Å². The van der Waals surface area contributed by atoms with Gasteiger partial charge in [0.25, 0.3) is 0 Å². The number of hydrogen-bond acceptors (Lipinski definition) is 1. The molecular weight excluding hydrogens is 146 g/mol. The summed E-state index contributed by atoms with van der Waals surface area (Å²) in [4.78, 5) is 0. The van der Waals surface area contributed by atoms with E-state index in [1.165, 1.54) is 12.8 Å². The van der Waals surface area contributed by atoms with Gasteiger partial charge in [-0.2, -0.15) is 5.26 Å². The Morgan fingerprint density at radius 2 is 2.00 bits per heavy atom. The smallest absolute Gasteiger partial charge is 0.0692 e. The zero-order valence-corrected chi connectivity index (χ0v) is 8.65. The molecule has 0 heterocycles. The summed E-state index contributed by atoms with van der Waals surface area (Å²) >= 11 is 0. The van der Waals surface area contributed by atoms with Crippen molar-refractivity contribution in [3.63, 3.8) is 0 Å². The largest absolute Gasteiger partial charge is 0.198 e. The van der Waals surface area contributed by atoms with E-state index in [0.29, 0.717) is 0 Å². The van der Waals surface area contributed by atoms with Gasteiger partial charge in [-0.1, -0.05) is 27.2 Å². The van der Waals surface area contributed by atoms with Gasteiger partial charge in [-0.25, -0.2) is 0 Å². The molecule has 0 aromatic rings. The summed E-state index contributed by atoms with van der Waals surface area (Å²) in [6.45, 7) is 8.84. The second-order valence-electron chi connectivity index (χ2n) is 4.81. The van der Waals surface area contributed by atoms with E-state index in [4.69, 9.17) is 5.26 Å². The van der Waals surface area contributed by atoms with Gasteiger partial charge in [-0.15, -0.1) is 0 Å². The molecule has 1 aliphatic rings. The van der Waals surface area contributed by atoms with Gasteiger partial charge in [-0.3, -0.25) is 0 Å². The lowest BCUT2D eigenvalue weighted by Crippen LogP contribution is -2.32. The summed E-state index contributed by atoms with van der Waals surface area (Å²) in [5, 5.41) is 9.12. The third-order valence-electron chi connectivity index (χ3n) is 4.18. The highest BCUT2D eigenvalue weighted by atomic mass is 14.5. The van der Waals surface area contributed by atoms with E-state index < -0.39 is 0 Å². The predicted molar refractivity (Wildman–Crippen MR) is 50.5 cm³/mol. The molecule has 68 valence electrons. The molecule has 2 atom stereocenters. The molecule has 0 aromatic heterocycles. The summed E-state index contributed by atoms with van der Waals surface area (Å²) in [5.74, 6) is 0.738. The van der Waals surface area contributed by atoms with Gasteiger partial charge in [0.05, 0.1) is 11.5 Å². The molecule has 1 saturated carbocycles. The highest BCUT2D eigenvalue weighted by Gasteiger charge is 2.50. The number of nitrogens with zero attached hydrogens (tertiary/aromatic N) is 1. The molecule has 0 N–H and O–H groups in total. The average molecular weight is 165 g/mol. The van der Waals surface area contributed by atoms with Crippen molar-refractivity contribution in [3.05, 3.63) is 0 Å². The molecule has 1 heteroatoms. The van der Waals surface area contributed by atoms with E-state index in [0.717, 1.165) is 12.3 Å². The van der Waals surface area contributed by atoms with Crippen molar-refractivity contribution in [1.29, 1.82) is 5.26 Å². The molecule has 1 fully saturated rings. The van der Waals surface area contributed by atoms with E-state index >= 15 is 0 Å². The van der Waals surface area contributed by atoms with Crippen molar-refractivity contribution in [3.8, 4) is 6.07 Å². The van der Waals surface area contributed by atoms with Crippen LogP contribution in [-0.4, -0.2) is 0 Å². The molecule has 0 saturated heterocycles. The van der Waals surface area contributed by atoms with E-state index in [1.54, 1.807) is 0 Å². The van der Waals surface area contributed by atoms with Crippen molar-refractivity contribution in [1.82, 2.24) is 0 Å². The molecule has 0 radical (unpaired) electrons. The first kappa shape index (κ1) is 9.58. The molecule has 12 heavy (non-hydrogen) atoms. The van der Waals surface area contributed by atoms with Crippen LogP contribution in [0.4, 0.5) is 0 Å². The number of nitriles is 1. The maximum absolute atomic E-state index is 9.12. The summed E-state index contributed by atoms with van der Waals surface area (Å²) in [5.41, 5.74) is 0.115. The lowest BCUT2D eigenvalue weighted by atomic mass is 9.66. The highest BCUT2D eigenvalue weighted by Crippen LogP contribution is 2.56. The summed E-state index contributed by atoms with van der Waals surface area (Å²) in [7, 11) is 0. The van der Waals surface area contributed by atoms with Gasteiger partial charge in [0.1, 0.15) is 0 Å². The Bertz CT molecular complexity index is 212. The van der Waals surface area contributed by atoms with Gasteiger partial charge in [0.2, 0.25) is 0 Å². The molecule has 2 unspecified atom stereocenters. The molecule has 0 amide bonds. The minimum Gasteiger partial charge on any atom is -0.198 e. The molecule has 0 bridgehead atoms. The average Bonchev–Trinajstić information content (AvgIpc) is 2.25. The van der Waals surface area contributed by atoms with E-state index in [-0.39, 0.29) is 10.8 Å². The van der Waals surface area contributed by atoms with E-state index in [2.05, 4.69) is 33.8 Å². The fraction of sp³-hybridized carbons (Fsp3) is 0.909. The van der Waals surface area contributed by atoms with Crippen molar-refractivity contribution in [2.45, 2.75) is 47.0 Å². The van der Waals surface area contributed by atoms with Crippen molar-refractivity contribution in [2.24, 2.45) is 16.7 Å². The maximum atomic E-state index is 9.12. The first-order valence-corrected chi connectivity index (χ1v) is 4.89. The summed E-state index contributed by atoms with van der Waals surface area (Å²) in [6.07, 6.45) is 3.52. The first-order valence-electron chi connectivity index (χ1n) is 4.89. The minimum atomic E-state index is -0.0896. The second kappa shape index (κ2) is 2.76. The first-order chi connectivity index (χ1) is 5.48. The van der Waals surface area contributed by atoms with E-state index in [9.17, 15) is 0 Å². The third kappa shape index (κ3) is 1.05. The highest BCUT2D eigenvalue weighted by molar-refractivity contribution is 5.10. The topological polar surface area (TPSA) is 23.8 Å². The van der Waals surface area contributed by atoms with Crippen LogP contribution in [0.3, 0.4) is 0 Å². The van der Waals surface area contributed by atoms with Gasteiger partial charge < -0.3 is 0 Å². The van der Waals surface area contributed by atoms with Crippen molar-refractivity contribution < 1.29 is 0 Å². The summed E-state index contributed by atoms with van der Waals surface area (Å²) in [6, 6.07) is 2.49. The molecular formula is C11H19N. The molecule has 1 aliphatic carbocycles. The fourth-order valence-corrected chi connectivity index (χ4v) is 2.51. The standard InChI is InChI=1S/C11H19N/c1-5-9-6-7-11(4,8-12)10(9,2)3/h9H,5-7H2,1-4H3. The fourth-order valence-electron chi connectivity index (χ4n) is 2.51. The zero-order chi connectivity index (χ0) is 9.41. The van der Waals surface area contributed by atoms with Crippen LogP contribution in [0, 0.1) is 28.1 Å². The van der Waals surface area contributed by atoms with E-state index in [1.807, 2.05) is 0 Å². The van der Waals surface area contributed by atoms with Crippen LogP contribution in [0.15, 0.2) is 0 Å². The van der Waals surface area contributed by atoms with Gasteiger partial charge in [0.15, 0.2) is 0 Å². The van der Waals surface area contributed by atoms with Crippen LogP contribution in [-0.2, 0) is 0 Å². The lowest BCUT2D eigenvalue weighted by molar-refractivity contribution is 0.139. The maximum Gasteiger partial charge on any atom is 0.0692 e. The van der Waals surface area contributed by atoms with Crippen LogP contribution in [0.25, 0.3) is 0 Å². The normalized spacial score (nSPS) is 39.4. The Hall–Kier alpha value is -0.510. The quantitative estimate of drug-likeness (QED) is 0.584. The van der Waals surface area contributed by atoms with Gasteiger partial charge >= 0.3 is 0 Å². The predicted octanol–water partition coefficient (Wildman–Crippen LogP) is 3.36. The Morgan fingerprint density at radius 3 is 2.25 bits per heavy atom. The SMILES string of the molecule is CCC1CCC(C)(C#N)C1(C)C. The number of rotatable bonds is 1. The molecule has 1 rings (SSSR count).